The second-order valence-electron chi connectivity index (χ2n) is 5.01. The van der Waals surface area contributed by atoms with Crippen LogP contribution in [0.5, 0.6) is 0 Å². The smallest absolute Gasteiger partial charge is 0.0951 e. The van der Waals surface area contributed by atoms with Crippen LogP contribution in [0.15, 0.2) is 41.3 Å². The molecule has 1 aromatic carbocycles. The standard InChI is InChI=1S/C15H20BrN3/c1-11(2)19-10-17-8-13(19)9-18-12(3)14-6-4-5-7-15(14)16/h4-8,10-12,18H,9H2,1-3H3/t12-/m0/s1. The van der Waals surface area contributed by atoms with E-state index >= 15 is 0 Å². The zero-order valence-corrected chi connectivity index (χ0v) is 13.2. The minimum atomic E-state index is 0.297. The number of benzene rings is 1. The van der Waals surface area contributed by atoms with Crippen molar-refractivity contribution in [2.24, 2.45) is 0 Å². The molecule has 1 atom stereocenters. The Morgan fingerprint density at radius 2 is 2.00 bits per heavy atom. The van der Waals surface area contributed by atoms with E-state index in [4.69, 9.17) is 0 Å². The molecule has 3 nitrogen and oxygen atoms in total. The van der Waals surface area contributed by atoms with Crippen LogP contribution in [0.25, 0.3) is 0 Å². The monoisotopic (exact) mass is 321 g/mol. The Morgan fingerprint density at radius 1 is 1.26 bits per heavy atom. The molecule has 1 heterocycles. The second kappa shape index (κ2) is 6.35. The lowest BCUT2D eigenvalue weighted by molar-refractivity contribution is 0.517. The van der Waals surface area contributed by atoms with E-state index < -0.39 is 0 Å². The van der Waals surface area contributed by atoms with E-state index in [0.717, 1.165) is 11.0 Å². The fourth-order valence-electron chi connectivity index (χ4n) is 2.13. The Labute approximate surface area is 123 Å². The molecule has 0 aliphatic carbocycles. The molecular formula is C15H20BrN3. The molecule has 0 spiro atoms. The van der Waals surface area contributed by atoms with Gasteiger partial charge in [0.05, 0.1) is 12.0 Å². The number of nitrogens with zero attached hydrogens (tertiary/aromatic N) is 2. The van der Waals surface area contributed by atoms with E-state index in [9.17, 15) is 0 Å². The molecular weight excluding hydrogens is 302 g/mol. The van der Waals surface area contributed by atoms with Gasteiger partial charge in [0, 0.05) is 29.3 Å². The van der Waals surface area contributed by atoms with Gasteiger partial charge in [0.25, 0.3) is 0 Å². The van der Waals surface area contributed by atoms with Gasteiger partial charge in [0.15, 0.2) is 0 Å². The van der Waals surface area contributed by atoms with Gasteiger partial charge in [-0.3, -0.25) is 0 Å². The molecule has 0 aliphatic heterocycles. The van der Waals surface area contributed by atoms with Crippen molar-refractivity contribution in [3.05, 3.63) is 52.5 Å². The highest BCUT2D eigenvalue weighted by Crippen LogP contribution is 2.23. The number of halogens is 1. The minimum Gasteiger partial charge on any atom is -0.331 e. The van der Waals surface area contributed by atoms with Crippen molar-refractivity contribution in [1.29, 1.82) is 0 Å². The number of rotatable bonds is 5. The fourth-order valence-corrected chi connectivity index (χ4v) is 2.76. The maximum Gasteiger partial charge on any atom is 0.0951 e. The lowest BCUT2D eigenvalue weighted by Gasteiger charge is -2.17. The average Bonchev–Trinajstić information content (AvgIpc) is 2.85. The number of imidazole rings is 1. The van der Waals surface area contributed by atoms with Gasteiger partial charge in [0.1, 0.15) is 0 Å². The summed E-state index contributed by atoms with van der Waals surface area (Å²) < 4.78 is 3.34. The van der Waals surface area contributed by atoms with Crippen molar-refractivity contribution in [1.82, 2.24) is 14.9 Å². The summed E-state index contributed by atoms with van der Waals surface area (Å²) in [4.78, 5) is 4.23. The third kappa shape index (κ3) is 3.45. The molecule has 19 heavy (non-hydrogen) atoms. The normalized spacial score (nSPS) is 12.9. The van der Waals surface area contributed by atoms with E-state index in [-0.39, 0.29) is 0 Å². The number of hydrogen-bond donors (Lipinski definition) is 1. The number of hydrogen-bond acceptors (Lipinski definition) is 2. The molecule has 0 fully saturated rings. The summed E-state index contributed by atoms with van der Waals surface area (Å²) in [5.74, 6) is 0. The molecule has 4 heteroatoms. The predicted molar refractivity (Wildman–Crippen MR) is 82.0 cm³/mol. The lowest BCUT2D eigenvalue weighted by Crippen LogP contribution is -2.20. The summed E-state index contributed by atoms with van der Waals surface area (Å²) in [6, 6.07) is 9.06. The molecule has 2 rings (SSSR count). The van der Waals surface area contributed by atoms with Gasteiger partial charge >= 0.3 is 0 Å². The molecule has 0 amide bonds. The van der Waals surface area contributed by atoms with Gasteiger partial charge in [-0.05, 0) is 32.4 Å². The van der Waals surface area contributed by atoms with E-state index in [1.807, 2.05) is 18.6 Å². The largest absolute Gasteiger partial charge is 0.331 e. The van der Waals surface area contributed by atoms with E-state index in [1.54, 1.807) is 0 Å². The molecule has 1 N–H and O–H groups in total. The molecule has 1 aromatic heterocycles. The highest BCUT2D eigenvalue weighted by molar-refractivity contribution is 9.10. The zero-order valence-electron chi connectivity index (χ0n) is 11.6. The van der Waals surface area contributed by atoms with Crippen LogP contribution in [0, 0.1) is 0 Å². The maximum atomic E-state index is 4.23. The van der Waals surface area contributed by atoms with Crippen LogP contribution in [-0.4, -0.2) is 9.55 Å². The number of nitrogens with one attached hydrogen (secondary N) is 1. The van der Waals surface area contributed by atoms with E-state index in [0.29, 0.717) is 12.1 Å². The first-order valence-electron chi connectivity index (χ1n) is 6.58. The van der Waals surface area contributed by atoms with Gasteiger partial charge in [-0.25, -0.2) is 4.98 Å². The first kappa shape index (κ1) is 14.3. The Hall–Kier alpha value is -1.13. The third-order valence-electron chi connectivity index (χ3n) is 3.26. The summed E-state index contributed by atoms with van der Waals surface area (Å²) in [6.45, 7) is 7.33. The summed E-state index contributed by atoms with van der Waals surface area (Å²) in [6.07, 6.45) is 3.82. The third-order valence-corrected chi connectivity index (χ3v) is 3.99. The highest BCUT2D eigenvalue weighted by Gasteiger charge is 2.10. The highest BCUT2D eigenvalue weighted by atomic mass is 79.9. The van der Waals surface area contributed by atoms with Crippen LogP contribution in [-0.2, 0) is 6.54 Å². The van der Waals surface area contributed by atoms with Crippen LogP contribution in [0.3, 0.4) is 0 Å². The summed E-state index contributed by atoms with van der Waals surface area (Å²) in [7, 11) is 0. The van der Waals surface area contributed by atoms with Crippen molar-refractivity contribution >= 4 is 15.9 Å². The Morgan fingerprint density at radius 3 is 2.68 bits per heavy atom. The van der Waals surface area contributed by atoms with Crippen molar-refractivity contribution in [2.45, 2.75) is 39.4 Å². The van der Waals surface area contributed by atoms with Crippen molar-refractivity contribution in [3.8, 4) is 0 Å². The van der Waals surface area contributed by atoms with Crippen molar-refractivity contribution < 1.29 is 0 Å². The maximum absolute atomic E-state index is 4.23. The Balaban J connectivity index is 2.03. The van der Waals surface area contributed by atoms with E-state index in [1.165, 1.54) is 11.3 Å². The zero-order chi connectivity index (χ0) is 13.8. The van der Waals surface area contributed by atoms with Crippen LogP contribution in [0.2, 0.25) is 0 Å². The molecule has 0 saturated heterocycles. The predicted octanol–water partition coefficient (Wildman–Crippen LogP) is 4.08. The summed E-state index contributed by atoms with van der Waals surface area (Å²) >= 11 is 3.60. The molecule has 0 radical (unpaired) electrons. The molecule has 0 unspecified atom stereocenters. The molecule has 102 valence electrons. The molecule has 0 aliphatic rings. The van der Waals surface area contributed by atoms with Gasteiger partial charge in [-0.2, -0.15) is 0 Å². The minimum absolute atomic E-state index is 0.297. The molecule has 2 aromatic rings. The molecule has 0 bridgehead atoms. The lowest BCUT2D eigenvalue weighted by atomic mass is 10.1. The van der Waals surface area contributed by atoms with Gasteiger partial charge in [-0.1, -0.05) is 34.1 Å². The van der Waals surface area contributed by atoms with Crippen molar-refractivity contribution in [3.63, 3.8) is 0 Å². The SMILES string of the molecule is CC(C)n1cncc1CN[C@@H](C)c1ccccc1Br. The van der Waals surface area contributed by atoms with Crippen molar-refractivity contribution in [2.75, 3.05) is 0 Å². The molecule has 0 saturated carbocycles. The fraction of sp³-hybridized carbons (Fsp3) is 0.400. The average molecular weight is 322 g/mol. The van der Waals surface area contributed by atoms with Crippen LogP contribution in [0.1, 0.15) is 44.1 Å². The van der Waals surface area contributed by atoms with Crippen LogP contribution < -0.4 is 5.32 Å². The Bertz CT molecular complexity index is 534. The number of aromatic nitrogens is 2. The van der Waals surface area contributed by atoms with Gasteiger partial charge in [0.2, 0.25) is 0 Å². The quantitative estimate of drug-likeness (QED) is 0.899. The second-order valence-corrected chi connectivity index (χ2v) is 5.86. The summed E-state index contributed by atoms with van der Waals surface area (Å²) in [5.41, 5.74) is 2.49. The first-order valence-corrected chi connectivity index (χ1v) is 7.37. The van der Waals surface area contributed by atoms with Crippen LogP contribution >= 0.6 is 15.9 Å². The topological polar surface area (TPSA) is 29.9 Å². The van der Waals surface area contributed by atoms with Gasteiger partial charge in [-0.15, -0.1) is 0 Å². The van der Waals surface area contributed by atoms with Gasteiger partial charge < -0.3 is 9.88 Å². The Kier molecular flexibility index (Phi) is 4.77. The van der Waals surface area contributed by atoms with Crippen LogP contribution in [0.4, 0.5) is 0 Å². The first-order chi connectivity index (χ1) is 9.09. The summed E-state index contributed by atoms with van der Waals surface area (Å²) in [5, 5.41) is 3.55. The van der Waals surface area contributed by atoms with E-state index in [2.05, 4.69) is 69.8 Å².